The average Bonchev–Trinajstić information content (AvgIpc) is 3.12. The fourth-order valence-electron chi connectivity index (χ4n) is 3.05. The zero-order chi connectivity index (χ0) is 18.1. The fourth-order valence-corrected chi connectivity index (χ4v) is 3.05. The summed E-state index contributed by atoms with van der Waals surface area (Å²) in [6, 6.07) is 9.45. The van der Waals surface area contributed by atoms with Gasteiger partial charge in [-0.05, 0) is 12.1 Å². The van der Waals surface area contributed by atoms with Gasteiger partial charge in [-0.3, -0.25) is 9.89 Å². The summed E-state index contributed by atoms with van der Waals surface area (Å²) in [5.41, 5.74) is 2.07. The summed E-state index contributed by atoms with van der Waals surface area (Å²) >= 11 is 0. The van der Waals surface area contributed by atoms with Crippen LogP contribution < -0.4 is 4.90 Å². The number of aromatic amines is 1. The number of ether oxygens (including phenoxy) is 1. The Labute approximate surface area is 150 Å². The van der Waals surface area contributed by atoms with Crippen LogP contribution in [-0.2, 0) is 4.74 Å². The molecule has 0 spiro atoms. The first-order chi connectivity index (χ1) is 12.6. The minimum atomic E-state index is -0.278. The molecule has 1 aliphatic heterocycles. The second-order valence-electron chi connectivity index (χ2n) is 6.40. The Hall–Kier alpha value is -3.00. The van der Waals surface area contributed by atoms with Crippen molar-refractivity contribution in [2.24, 2.45) is 0 Å². The molecule has 1 amide bonds. The fraction of sp³-hybridized carbons (Fsp3) is 0.333. The van der Waals surface area contributed by atoms with Crippen LogP contribution in [-0.4, -0.2) is 64.8 Å². The molecule has 1 atom stereocenters. The number of hydrogen-bond donors (Lipinski definition) is 1. The molecular formula is C18H20N6O2. The molecule has 1 fully saturated rings. The van der Waals surface area contributed by atoms with Crippen LogP contribution in [0, 0.1) is 0 Å². The van der Waals surface area contributed by atoms with Gasteiger partial charge in [0.15, 0.2) is 5.69 Å². The van der Waals surface area contributed by atoms with Gasteiger partial charge in [-0.2, -0.15) is 5.10 Å². The van der Waals surface area contributed by atoms with Crippen molar-refractivity contribution in [1.29, 1.82) is 0 Å². The maximum atomic E-state index is 13.0. The number of morpholine rings is 1. The highest BCUT2D eigenvalue weighted by Gasteiger charge is 2.29. The number of fused-ring (bicyclic) bond motifs is 1. The Morgan fingerprint density at radius 1 is 1.31 bits per heavy atom. The maximum Gasteiger partial charge on any atom is 0.275 e. The van der Waals surface area contributed by atoms with Gasteiger partial charge in [0.25, 0.3) is 5.91 Å². The van der Waals surface area contributed by atoms with Crippen LogP contribution in [0.4, 0.5) is 5.95 Å². The number of nitrogens with zero attached hydrogens (tertiary/aromatic N) is 5. The van der Waals surface area contributed by atoms with Crippen LogP contribution in [0.5, 0.6) is 0 Å². The van der Waals surface area contributed by atoms with Gasteiger partial charge in [0.2, 0.25) is 5.95 Å². The molecule has 2 aromatic heterocycles. The topological polar surface area (TPSA) is 87.2 Å². The summed E-state index contributed by atoms with van der Waals surface area (Å²) in [4.78, 5) is 25.3. The normalized spacial score (nSPS) is 17.5. The van der Waals surface area contributed by atoms with E-state index in [4.69, 9.17) is 4.74 Å². The first-order valence-corrected chi connectivity index (χ1v) is 8.48. The monoisotopic (exact) mass is 352 g/mol. The number of para-hydroxylation sites is 1. The molecule has 8 nitrogen and oxygen atoms in total. The molecule has 0 aliphatic carbocycles. The first kappa shape index (κ1) is 16.5. The van der Waals surface area contributed by atoms with Crippen molar-refractivity contribution in [2.75, 3.05) is 38.7 Å². The molecule has 1 saturated heterocycles. The molecule has 134 valence electrons. The predicted molar refractivity (Wildman–Crippen MR) is 97.0 cm³/mol. The number of benzene rings is 1. The summed E-state index contributed by atoms with van der Waals surface area (Å²) in [5.74, 6) is 0.519. The molecule has 8 heteroatoms. The second kappa shape index (κ2) is 6.72. The third-order valence-corrected chi connectivity index (χ3v) is 4.42. The zero-order valence-corrected chi connectivity index (χ0v) is 14.7. The highest BCUT2D eigenvalue weighted by atomic mass is 16.5. The number of nitrogens with one attached hydrogen (secondary N) is 1. The summed E-state index contributed by atoms with van der Waals surface area (Å²) in [6.45, 7) is 1.42. The van der Waals surface area contributed by atoms with Crippen molar-refractivity contribution in [2.45, 2.75) is 6.10 Å². The summed E-state index contributed by atoms with van der Waals surface area (Å²) < 4.78 is 5.85. The standard InChI is InChI=1S/C18H20N6O2/c1-23(2)18-19-8-7-14(20-18)15-11-24(9-10-26-15)17(25)16-12-5-3-4-6-13(12)21-22-16/h3-8,15H,9-11H2,1-2H3,(H,21,22)/t15-/m0/s1. The van der Waals surface area contributed by atoms with Gasteiger partial charge in [-0.1, -0.05) is 18.2 Å². The minimum absolute atomic E-state index is 0.0994. The molecule has 4 rings (SSSR count). The van der Waals surface area contributed by atoms with Crippen LogP contribution in [0.25, 0.3) is 10.9 Å². The zero-order valence-electron chi connectivity index (χ0n) is 14.7. The largest absolute Gasteiger partial charge is 0.368 e. The van der Waals surface area contributed by atoms with Crippen molar-refractivity contribution >= 4 is 22.8 Å². The van der Waals surface area contributed by atoms with E-state index < -0.39 is 0 Å². The van der Waals surface area contributed by atoms with Crippen LogP contribution >= 0.6 is 0 Å². The highest BCUT2D eigenvalue weighted by molar-refractivity contribution is 6.04. The van der Waals surface area contributed by atoms with E-state index >= 15 is 0 Å². The van der Waals surface area contributed by atoms with Crippen molar-refractivity contribution < 1.29 is 9.53 Å². The third kappa shape index (κ3) is 2.99. The summed E-state index contributed by atoms with van der Waals surface area (Å²) in [7, 11) is 3.78. The lowest BCUT2D eigenvalue weighted by Gasteiger charge is -2.32. The van der Waals surface area contributed by atoms with E-state index in [-0.39, 0.29) is 12.0 Å². The number of hydrogen-bond acceptors (Lipinski definition) is 6. The second-order valence-corrected chi connectivity index (χ2v) is 6.40. The molecule has 26 heavy (non-hydrogen) atoms. The van der Waals surface area contributed by atoms with E-state index in [1.54, 1.807) is 11.1 Å². The van der Waals surface area contributed by atoms with E-state index in [0.29, 0.717) is 31.3 Å². The minimum Gasteiger partial charge on any atom is -0.368 e. The van der Waals surface area contributed by atoms with Crippen LogP contribution in [0.1, 0.15) is 22.3 Å². The number of aromatic nitrogens is 4. The van der Waals surface area contributed by atoms with Gasteiger partial charge in [0.1, 0.15) is 6.10 Å². The Morgan fingerprint density at radius 3 is 3.00 bits per heavy atom. The SMILES string of the molecule is CN(C)c1nccc([C@@H]2CN(C(=O)c3n[nH]c4ccccc34)CCO2)n1. The number of H-pyrrole nitrogens is 1. The quantitative estimate of drug-likeness (QED) is 0.771. The van der Waals surface area contributed by atoms with Crippen LogP contribution in [0.2, 0.25) is 0 Å². The highest BCUT2D eigenvalue weighted by Crippen LogP contribution is 2.24. The summed E-state index contributed by atoms with van der Waals surface area (Å²) in [5, 5.41) is 7.96. The molecule has 1 aliphatic rings. The van der Waals surface area contributed by atoms with E-state index in [1.807, 2.05) is 49.3 Å². The van der Waals surface area contributed by atoms with Crippen molar-refractivity contribution in [3.05, 3.63) is 47.9 Å². The van der Waals surface area contributed by atoms with Crippen molar-refractivity contribution in [3.8, 4) is 0 Å². The van der Waals surface area contributed by atoms with Gasteiger partial charge >= 0.3 is 0 Å². The van der Waals surface area contributed by atoms with Gasteiger partial charge in [-0.15, -0.1) is 0 Å². The molecule has 0 unspecified atom stereocenters. The molecule has 0 bridgehead atoms. The maximum absolute atomic E-state index is 13.0. The molecular weight excluding hydrogens is 332 g/mol. The van der Waals surface area contributed by atoms with Gasteiger partial charge in [-0.25, -0.2) is 9.97 Å². The molecule has 3 heterocycles. The molecule has 1 N–H and O–H groups in total. The van der Waals surface area contributed by atoms with Crippen LogP contribution in [0.3, 0.4) is 0 Å². The number of anilines is 1. The Balaban J connectivity index is 1.57. The molecule has 0 saturated carbocycles. The average molecular weight is 352 g/mol. The van der Waals surface area contributed by atoms with Crippen LogP contribution in [0.15, 0.2) is 36.5 Å². The molecule has 3 aromatic rings. The number of amides is 1. The van der Waals surface area contributed by atoms with E-state index in [0.717, 1.165) is 16.6 Å². The van der Waals surface area contributed by atoms with Crippen molar-refractivity contribution in [1.82, 2.24) is 25.1 Å². The number of rotatable bonds is 3. The van der Waals surface area contributed by atoms with Gasteiger partial charge in [0, 0.05) is 32.2 Å². The van der Waals surface area contributed by atoms with Gasteiger partial charge < -0.3 is 14.5 Å². The van der Waals surface area contributed by atoms with E-state index in [9.17, 15) is 4.79 Å². The Bertz CT molecular complexity index is 938. The Morgan fingerprint density at radius 2 is 2.15 bits per heavy atom. The summed E-state index contributed by atoms with van der Waals surface area (Å²) in [6.07, 6.45) is 1.43. The third-order valence-electron chi connectivity index (χ3n) is 4.42. The lowest BCUT2D eigenvalue weighted by atomic mass is 10.1. The lowest BCUT2D eigenvalue weighted by molar-refractivity contribution is -0.0248. The van der Waals surface area contributed by atoms with E-state index in [1.165, 1.54) is 0 Å². The lowest BCUT2D eigenvalue weighted by Crippen LogP contribution is -2.42. The Kier molecular flexibility index (Phi) is 4.26. The first-order valence-electron chi connectivity index (χ1n) is 8.48. The number of carbonyl (C=O) groups is 1. The van der Waals surface area contributed by atoms with Crippen molar-refractivity contribution in [3.63, 3.8) is 0 Å². The molecule has 0 radical (unpaired) electrons. The van der Waals surface area contributed by atoms with E-state index in [2.05, 4.69) is 20.2 Å². The van der Waals surface area contributed by atoms with Gasteiger partial charge in [0.05, 0.1) is 24.4 Å². The smallest absolute Gasteiger partial charge is 0.275 e. The number of carbonyl (C=O) groups excluding carboxylic acids is 1. The predicted octanol–water partition coefficient (Wildman–Crippen LogP) is 1.63. The molecule has 1 aromatic carbocycles.